The van der Waals surface area contributed by atoms with Gasteiger partial charge in [-0.25, -0.2) is 0 Å². The first-order chi connectivity index (χ1) is 9.63. The molecule has 0 saturated carbocycles. The van der Waals surface area contributed by atoms with Gasteiger partial charge >= 0.3 is 0 Å². The van der Waals surface area contributed by atoms with E-state index in [1.165, 1.54) is 12.5 Å². The summed E-state index contributed by atoms with van der Waals surface area (Å²) in [5.74, 6) is 0.871. The van der Waals surface area contributed by atoms with Crippen LogP contribution in [0, 0.1) is 6.92 Å². The van der Waals surface area contributed by atoms with Crippen LogP contribution in [0.25, 0.3) is 6.08 Å². The first kappa shape index (κ1) is 14.1. The lowest BCUT2D eigenvalue weighted by atomic mass is 10.1. The molecular weight excluding hydrogens is 248 g/mol. The van der Waals surface area contributed by atoms with Gasteiger partial charge < -0.3 is 4.74 Å². The van der Waals surface area contributed by atoms with Crippen LogP contribution >= 0.6 is 0 Å². The number of ketones is 1. The number of benzene rings is 2. The van der Waals surface area contributed by atoms with E-state index in [1.54, 1.807) is 12.2 Å². The van der Waals surface area contributed by atoms with Crippen molar-refractivity contribution in [1.82, 2.24) is 0 Å². The Balaban J connectivity index is 1.93. The monoisotopic (exact) mass is 266 g/mol. The van der Waals surface area contributed by atoms with E-state index >= 15 is 0 Å². The molecule has 0 fully saturated rings. The molecule has 0 aromatic heterocycles. The van der Waals surface area contributed by atoms with E-state index in [0.29, 0.717) is 6.61 Å². The summed E-state index contributed by atoms with van der Waals surface area (Å²) in [6.07, 6.45) is 3.36. The van der Waals surface area contributed by atoms with Gasteiger partial charge in [-0.3, -0.25) is 4.79 Å². The summed E-state index contributed by atoms with van der Waals surface area (Å²) in [6, 6.07) is 16.0. The van der Waals surface area contributed by atoms with Gasteiger partial charge in [-0.2, -0.15) is 0 Å². The zero-order valence-electron chi connectivity index (χ0n) is 11.8. The van der Waals surface area contributed by atoms with Crippen molar-refractivity contribution in [3.63, 3.8) is 0 Å². The molecule has 0 atom stereocenters. The smallest absolute Gasteiger partial charge is 0.152 e. The molecule has 2 nitrogen and oxygen atoms in total. The summed E-state index contributed by atoms with van der Waals surface area (Å²) in [6.45, 7) is 4.16. The topological polar surface area (TPSA) is 26.3 Å². The average molecular weight is 266 g/mol. The second kappa shape index (κ2) is 6.71. The third kappa shape index (κ3) is 4.39. The van der Waals surface area contributed by atoms with Crippen LogP contribution in [0.2, 0.25) is 0 Å². The summed E-state index contributed by atoms with van der Waals surface area (Å²) in [7, 11) is 0. The Bertz CT molecular complexity index is 592. The summed E-state index contributed by atoms with van der Waals surface area (Å²) in [5.41, 5.74) is 3.38. The van der Waals surface area contributed by atoms with Crippen LogP contribution in [0.3, 0.4) is 0 Å². The normalized spacial score (nSPS) is 10.7. The van der Waals surface area contributed by atoms with E-state index in [4.69, 9.17) is 4.74 Å². The third-order valence-corrected chi connectivity index (χ3v) is 2.92. The highest BCUT2D eigenvalue weighted by atomic mass is 16.5. The largest absolute Gasteiger partial charge is 0.489 e. The minimum absolute atomic E-state index is 0.0460. The number of rotatable bonds is 5. The molecule has 0 spiro atoms. The summed E-state index contributed by atoms with van der Waals surface area (Å²) >= 11 is 0. The Morgan fingerprint density at radius 2 is 1.70 bits per heavy atom. The average Bonchev–Trinajstić information content (AvgIpc) is 2.45. The maximum Gasteiger partial charge on any atom is 0.152 e. The van der Waals surface area contributed by atoms with Crippen LogP contribution in [0.5, 0.6) is 5.75 Å². The number of hydrogen-bond donors (Lipinski definition) is 0. The molecule has 0 radical (unpaired) electrons. The van der Waals surface area contributed by atoms with Gasteiger partial charge in [-0.1, -0.05) is 48.0 Å². The Morgan fingerprint density at radius 1 is 1.05 bits per heavy atom. The highest BCUT2D eigenvalue weighted by Crippen LogP contribution is 2.15. The van der Waals surface area contributed by atoms with Gasteiger partial charge in [0.15, 0.2) is 5.78 Å². The Hall–Kier alpha value is -2.35. The van der Waals surface area contributed by atoms with Crippen molar-refractivity contribution in [1.29, 1.82) is 0 Å². The number of allylic oxidation sites excluding steroid dienone is 1. The standard InChI is InChI=1S/C18H18O2/c1-14-3-6-17(7-4-14)13-20-18-11-9-16(10-12-18)8-5-15(2)19/h3-12H,13H2,1-2H3/b8-5+. The highest BCUT2D eigenvalue weighted by Gasteiger charge is 1.96. The van der Waals surface area contributed by atoms with Crippen LogP contribution in [0.1, 0.15) is 23.6 Å². The Morgan fingerprint density at radius 3 is 2.30 bits per heavy atom. The molecule has 2 heteroatoms. The van der Waals surface area contributed by atoms with Crippen molar-refractivity contribution < 1.29 is 9.53 Å². The predicted octanol–water partition coefficient (Wildman–Crippen LogP) is 4.18. The van der Waals surface area contributed by atoms with Gasteiger partial charge in [0, 0.05) is 0 Å². The molecule has 2 aromatic rings. The fourth-order valence-electron chi connectivity index (χ4n) is 1.74. The van der Waals surface area contributed by atoms with E-state index in [9.17, 15) is 4.79 Å². The van der Waals surface area contributed by atoms with E-state index in [1.807, 2.05) is 24.3 Å². The van der Waals surface area contributed by atoms with Crippen molar-refractivity contribution in [2.75, 3.05) is 0 Å². The molecule has 0 N–H and O–H groups in total. The third-order valence-electron chi connectivity index (χ3n) is 2.92. The maximum atomic E-state index is 10.9. The lowest BCUT2D eigenvalue weighted by Crippen LogP contribution is -1.95. The quantitative estimate of drug-likeness (QED) is 0.759. The van der Waals surface area contributed by atoms with Crippen molar-refractivity contribution >= 4 is 11.9 Å². The van der Waals surface area contributed by atoms with Crippen LogP contribution in [-0.2, 0) is 11.4 Å². The number of hydrogen-bond acceptors (Lipinski definition) is 2. The highest BCUT2D eigenvalue weighted by molar-refractivity contribution is 5.91. The Kier molecular flexibility index (Phi) is 4.72. The van der Waals surface area contributed by atoms with Crippen LogP contribution in [0.4, 0.5) is 0 Å². The summed E-state index contributed by atoms with van der Waals surface area (Å²) < 4.78 is 5.72. The maximum absolute atomic E-state index is 10.9. The molecular formula is C18H18O2. The van der Waals surface area contributed by atoms with Gasteiger partial charge in [0.25, 0.3) is 0 Å². The second-order valence-corrected chi connectivity index (χ2v) is 4.79. The predicted molar refractivity (Wildman–Crippen MR) is 81.7 cm³/mol. The molecule has 2 aromatic carbocycles. The minimum Gasteiger partial charge on any atom is -0.489 e. The number of ether oxygens (including phenoxy) is 1. The molecule has 102 valence electrons. The fraction of sp³-hybridized carbons (Fsp3) is 0.167. The molecule has 0 aliphatic rings. The molecule has 0 aliphatic carbocycles. The van der Waals surface area contributed by atoms with Gasteiger partial charge in [0.1, 0.15) is 12.4 Å². The van der Waals surface area contributed by atoms with Crippen molar-refractivity contribution in [2.24, 2.45) is 0 Å². The van der Waals surface area contributed by atoms with Crippen molar-refractivity contribution in [3.05, 3.63) is 71.3 Å². The zero-order chi connectivity index (χ0) is 14.4. The fourth-order valence-corrected chi connectivity index (χ4v) is 1.74. The molecule has 0 bridgehead atoms. The molecule has 20 heavy (non-hydrogen) atoms. The second-order valence-electron chi connectivity index (χ2n) is 4.79. The van der Waals surface area contributed by atoms with Crippen molar-refractivity contribution in [2.45, 2.75) is 20.5 Å². The van der Waals surface area contributed by atoms with Crippen LogP contribution in [0.15, 0.2) is 54.6 Å². The molecule has 0 amide bonds. The molecule has 2 rings (SSSR count). The SMILES string of the molecule is CC(=O)/C=C/c1ccc(OCc2ccc(C)cc2)cc1. The van der Waals surface area contributed by atoms with E-state index in [0.717, 1.165) is 16.9 Å². The van der Waals surface area contributed by atoms with Crippen LogP contribution < -0.4 is 4.74 Å². The lowest BCUT2D eigenvalue weighted by Gasteiger charge is -2.06. The molecule has 0 unspecified atom stereocenters. The minimum atomic E-state index is 0.0460. The van der Waals surface area contributed by atoms with E-state index in [-0.39, 0.29) is 5.78 Å². The number of carbonyl (C=O) groups is 1. The Labute approximate surface area is 119 Å². The molecule has 0 heterocycles. The first-order valence-corrected chi connectivity index (χ1v) is 6.60. The molecule has 0 saturated heterocycles. The lowest BCUT2D eigenvalue weighted by molar-refractivity contribution is -0.112. The molecule has 0 aliphatic heterocycles. The van der Waals surface area contributed by atoms with Gasteiger partial charge in [-0.05, 0) is 43.2 Å². The number of aryl methyl sites for hydroxylation is 1. The van der Waals surface area contributed by atoms with Gasteiger partial charge in [0.2, 0.25) is 0 Å². The van der Waals surface area contributed by atoms with E-state index in [2.05, 4.69) is 31.2 Å². The van der Waals surface area contributed by atoms with Gasteiger partial charge in [0.05, 0.1) is 0 Å². The first-order valence-electron chi connectivity index (χ1n) is 6.60. The van der Waals surface area contributed by atoms with Crippen molar-refractivity contribution in [3.8, 4) is 5.75 Å². The van der Waals surface area contributed by atoms with Crippen LogP contribution in [-0.4, -0.2) is 5.78 Å². The van der Waals surface area contributed by atoms with Gasteiger partial charge in [-0.15, -0.1) is 0 Å². The van der Waals surface area contributed by atoms with E-state index < -0.39 is 0 Å². The number of carbonyl (C=O) groups excluding carboxylic acids is 1. The summed E-state index contributed by atoms with van der Waals surface area (Å²) in [5, 5.41) is 0. The summed E-state index contributed by atoms with van der Waals surface area (Å²) in [4.78, 5) is 10.9. The zero-order valence-corrected chi connectivity index (χ0v) is 11.8.